The number of hydrogen-bond donors (Lipinski definition) is 1. The van der Waals surface area contributed by atoms with Gasteiger partial charge in [-0.2, -0.15) is 0 Å². The average molecular weight is 619 g/mol. The Morgan fingerprint density at radius 1 is 0.951 bits per heavy atom. The van der Waals surface area contributed by atoms with E-state index < -0.39 is 28.5 Å². The number of para-hydroxylation sites is 1. The van der Waals surface area contributed by atoms with Gasteiger partial charge in [-0.3, -0.25) is 13.9 Å². The Hall–Kier alpha value is -3.07. The summed E-state index contributed by atoms with van der Waals surface area (Å²) in [5, 5.41) is 3.74. The number of carbonyl (C=O) groups excluding carboxylic acids is 2. The van der Waals surface area contributed by atoms with E-state index in [1.54, 1.807) is 44.2 Å². The Morgan fingerprint density at radius 2 is 1.61 bits per heavy atom. The van der Waals surface area contributed by atoms with Gasteiger partial charge in [0.15, 0.2) is 0 Å². The standard InChI is InChI=1S/C31H37Cl2N3O4S/c1-5-6-17-34-31(38)28(18-24-13-8-7-9-14-24)35(20-25-15-16-26(32)19-27(25)33)29(37)21-36(41(4,39)40)30-22(2)11-10-12-23(30)3/h7-16,19,28H,5-6,17-18,20-21H2,1-4H3,(H,34,38)/t28-/m1/s1. The van der Waals surface area contributed by atoms with Crippen molar-refractivity contribution in [3.8, 4) is 0 Å². The number of amides is 2. The summed E-state index contributed by atoms with van der Waals surface area (Å²) >= 11 is 12.6. The van der Waals surface area contributed by atoms with Crippen molar-refractivity contribution in [1.82, 2.24) is 10.2 Å². The zero-order valence-electron chi connectivity index (χ0n) is 23.9. The maximum Gasteiger partial charge on any atom is 0.244 e. The van der Waals surface area contributed by atoms with Crippen LogP contribution in [-0.2, 0) is 32.6 Å². The van der Waals surface area contributed by atoms with E-state index in [1.807, 2.05) is 43.3 Å². The van der Waals surface area contributed by atoms with E-state index in [2.05, 4.69) is 5.32 Å². The van der Waals surface area contributed by atoms with Crippen molar-refractivity contribution in [1.29, 1.82) is 0 Å². The van der Waals surface area contributed by atoms with Crippen LogP contribution in [0.15, 0.2) is 66.7 Å². The number of hydrogen-bond acceptors (Lipinski definition) is 4. The van der Waals surface area contributed by atoms with E-state index in [9.17, 15) is 18.0 Å². The van der Waals surface area contributed by atoms with Gasteiger partial charge in [0, 0.05) is 29.6 Å². The van der Waals surface area contributed by atoms with Gasteiger partial charge in [-0.15, -0.1) is 0 Å². The number of halogens is 2. The molecule has 0 aliphatic rings. The van der Waals surface area contributed by atoms with Crippen LogP contribution in [0.3, 0.4) is 0 Å². The minimum absolute atomic E-state index is 0.0160. The lowest BCUT2D eigenvalue weighted by atomic mass is 10.0. The molecule has 7 nitrogen and oxygen atoms in total. The molecule has 3 rings (SSSR count). The predicted octanol–water partition coefficient (Wildman–Crippen LogP) is 5.93. The van der Waals surface area contributed by atoms with Gasteiger partial charge in [0.05, 0.1) is 11.9 Å². The second-order valence-corrected chi connectivity index (χ2v) is 12.9. The topological polar surface area (TPSA) is 86.8 Å². The molecule has 0 spiro atoms. The number of unbranched alkanes of at least 4 members (excludes halogenated alkanes) is 1. The highest BCUT2D eigenvalue weighted by Crippen LogP contribution is 2.28. The van der Waals surface area contributed by atoms with Gasteiger partial charge < -0.3 is 10.2 Å². The van der Waals surface area contributed by atoms with Crippen LogP contribution in [0.1, 0.15) is 42.0 Å². The molecular weight excluding hydrogens is 581 g/mol. The zero-order chi connectivity index (χ0) is 30.2. The first-order valence-corrected chi connectivity index (χ1v) is 16.1. The van der Waals surface area contributed by atoms with Crippen molar-refractivity contribution >= 4 is 50.7 Å². The van der Waals surface area contributed by atoms with Gasteiger partial charge in [-0.25, -0.2) is 8.42 Å². The third-order valence-corrected chi connectivity index (χ3v) is 8.52. The van der Waals surface area contributed by atoms with Gasteiger partial charge in [-0.1, -0.05) is 91.1 Å². The highest BCUT2D eigenvalue weighted by molar-refractivity contribution is 7.92. The molecule has 0 fully saturated rings. The van der Waals surface area contributed by atoms with Crippen LogP contribution in [0.2, 0.25) is 10.0 Å². The van der Waals surface area contributed by atoms with Crippen LogP contribution in [-0.4, -0.2) is 50.5 Å². The number of carbonyl (C=O) groups is 2. The minimum atomic E-state index is -3.86. The first-order chi connectivity index (χ1) is 19.4. The van der Waals surface area contributed by atoms with Crippen molar-refractivity contribution in [2.24, 2.45) is 0 Å². The second-order valence-electron chi connectivity index (χ2n) is 10.1. The number of benzene rings is 3. The summed E-state index contributed by atoms with van der Waals surface area (Å²) in [5.41, 5.74) is 3.32. The molecule has 3 aromatic rings. The SMILES string of the molecule is CCCCNC(=O)[C@@H](Cc1ccccc1)N(Cc1ccc(Cl)cc1Cl)C(=O)CN(c1c(C)cccc1C)S(C)(=O)=O. The highest BCUT2D eigenvalue weighted by Gasteiger charge is 2.34. The second kappa shape index (κ2) is 14.7. The van der Waals surface area contributed by atoms with Crippen LogP contribution in [0, 0.1) is 13.8 Å². The molecule has 1 atom stereocenters. The number of anilines is 1. The summed E-state index contributed by atoms with van der Waals surface area (Å²) in [7, 11) is -3.86. The normalized spacial score (nSPS) is 12.0. The number of aryl methyl sites for hydroxylation is 2. The molecule has 41 heavy (non-hydrogen) atoms. The molecule has 0 saturated carbocycles. The van der Waals surface area contributed by atoms with Crippen LogP contribution in [0.5, 0.6) is 0 Å². The number of rotatable bonds is 13. The molecule has 0 bridgehead atoms. The third-order valence-electron chi connectivity index (χ3n) is 6.82. The molecule has 0 aromatic heterocycles. The molecule has 0 aliphatic heterocycles. The Morgan fingerprint density at radius 3 is 2.20 bits per heavy atom. The molecule has 0 heterocycles. The first-order valence-electron chi connectivity index (χ1n) is 13.5. The van der Waals surface area contributed by atoms with Crippen molar-refractivity contribution < 1.29 is 18.0 Å². The van der Waals surface area contributed by atoms with Crippen LogP contribution in [0.4, 0.5) is 5.69 Å². The van der Waals surface area contributed by atoms with Crippen molar-refractivity contribution in [3.63, 3.8) is 0 Å². The van der Waals surface area contributed by atoms with Crippen molar-refractivity contribution in [2.75, 3.05) is 23.7 Å². The quantitative estimate of drug-likeness (QED) is 0.241. The van der Waals surface area contributed by atoms with Crippen LogP contribution >= 0.6 is 23.2 Å². The molecule has 0 aliphatic carbocycles. The Labute approximate surface area is 253 Å². The van der Waals surface area contributed by atoms with E-state index in [1.165, 1.54) is 4.90 Å². The van der Waals surface area contributed by atoms with Crippen molar-refractivity contribution in [2.45, 2.75) is 52.6 Å². The molecule has 0 saturated heterocycles. The van der Waals surface area contributed by atoms with Crippen LogP contribution in [0.25, 0.3) is 0 Å². The van der Waals surface area contributed by atoms with Gasteiger partial charge >= 0.3 is 0 Å². The summed E-state index contributed by atoms with van der Waals surface area (Å²) < 4.78 is 27.2. The Balaban J connectivity index is 2.10. The fourth-order valence-corrected chi connectivity index (χ4v) is 6.10. The lowest BCUT2D eigenvalue weighted by Gasteiger charge is -2.34. The van der Waals surface area contributed by atoms with Gasteiger partial charge in [0.25, 0.3) is 0 Å². The van der Waals surface area contributed by atoms with Crippen LogP contribution < -0.4 is 9.62 Å². The molecule has 10 heteroatoms. The predicted molar refractivity (Wildman–Crippen MR) is 167 cm³/mol. The number of sulfonamides is 1. The lowest BCUT2D eigenvalue weighted by Crippen LogP contribution is -2.53. The van der Waals surface area contributed by atoms with E-state index in [4.69, 9.17) is 23.2 Å². The maximum absolute atomic E-state index is 14.2. The first kappa shape index (κ1) is 32.4. The third kappa shape index (κ3) is 8.96. The van der Waals surface area contributed by atoms with E-state index in [-0.39, 0.29) is 18.9 Å². The van der Waals surface area contributed by atoms with E-state index in [0.717, 1.165) is 29.0 Å². The number of nitrogens with zero attached hydrogens (tertiary/aromatic N) is 2. The summed E-state index contributed by atoms with van der Waals surface area (Å²) in [6, 6.07) is 18.9. The smallest absolute Gasteiger partial charge is 0.244 e. The maximum atomic E-state index is 14.2. The van der Waals surface area contributed by atoms with Gasteiger partial charge in [0.2, 0.25) is 21.8 Å². The van der Waals surface area contributed by atoms with E-state index in [0.29, 0.717) is 39.0 Å². The van der Waals surface area contributed by atoms with E-state index >= 15 is 0 Å². The van der Waals surface area contributed by atoms with Crippen molar-refractivity contribution in [3.05, 3.63) is 99.0 Å². The van der Waals surface area contributed by atoms with Gasteiger partial charge in [0.1, 0.15) is 12.6 Å². The zero-order valence-corrected chi connectivity index (χ0v) is 26.2. The molecule has 1 N–H and O–H groups in total. The molecule has 220 valence electrons. The number of nitrogens with one attached hydrogen (secondary N) is 1. The fourth-order valence-electron chi connectivity index (χ4n) is 4.67. The lowest BCUT2D eigenvalue weighted by molar-refractivity contribution is -0.140. The van der Waals surface area contributed by atoms with Gasteiger partial charge in [-0.05, 0) is 54.7 Å². The average Bonchev–Trinajstić information content (AvgIpc) is 2.91. The highest BCUT2D eigenvalue weighted by atomic mass is 35.5. The largest absolute Gasteiger partial charge is 0.354 e. The summed E-state index contributed by atoms with van der Waals surface area (Å²) in [5.74, 6) is -0.852. The summed E-state index contributed by atoms with van der Waals surface area (Å²) in [6.45, 7) is 5.59. The molecule has 0 radical (unpaired) electrons. The summed E-state index contributed by atoms with van der Waals surface area (Å²) in [4.78, 5) is 29.3. The molecular formula is C31H37Cl2N3O4S. The molecule has 3 aromatic carbocycles. The minimum Gasteiger partial charge on any atom is -0.354 e. The Kier molecular flexibility index (Phi) is 11.6. The fraction of sp³-hybridized carbons (Fsp3) is 0.355. The summed E-state index contributed by atoms with van der Waals surface area (Å²) in [6.07, 6.45) is 2.99. The monoisotopic (exact) mass is 617 g/mol. The molecule has 2 amide bonds. The molecule has 0 unspecified atom stereocenters. The Bertz CT molecular complexity index is 1450.